The minimum Gasteiger partial charge on any atom is -0.377 e. The Kier molecular flexibility index (Phi) is 16.5. The minimum absolute atomic E-state index is 0.0167. The molecule has 1 heterocycles. The molecule has 0 saturated heterocycles. The van der Waals surface area contributed by atoms with Crippen LogP contribution in [0.4, 0.5) is 5.69 Å². The van der Waals surface area contributed by atoms with Gasteiger partial charge in [0.2, 0.25) is 0 Å². The van der Waals surface area contributed by atoms with Crippen molar-refractivity contribution in [2.75, 3.05) is 71.0 Å². The van der Waals surface area contributed by atoms with Gasteiger partial charge in [0.25, 0.3) is 0 Å². The zero-order chi connectivity index (χ0) is 35.9. The highest BCUT2D eigenvalue weighted by Crippen LogP contribution is 2.46. The van der Waals surface area contributed by atoms with Crippen LogP contribution >= 0.6 is 0 Å². The van der Waals surface area contributed by atoms with Gasteiger partial charge in [-0.2, -0.15) is 0 Å². The van der Waals surface area contributed by atoms with E-state index in [1.807, 2.05) is 26.0 Å². The third-order valence-electron chi connectivity index (χ3n) is 10.4. The number of Topliss-reactive ketones (excluding diaryl/α,β-unsaturated/α-hetero) is 3. The topological polar surface area (TPSA) is 118 Å². The Bertz CT molecular complexity index is 1350. The van der Waals surface area contributed by atoms with Crippen LogP contribution < -0.4 is 4.90 Å². The Hall–Kier alpha value is -3.02. The molecule has 3 unspecified atom stereocenters. The Labute approximate surface area is 297 Å². The van der Waals surface area contributed by atoms with Gasteiger partial charge in [0.05, 0.1) is 58.8 Å². The summed E-state index contributed by atoms with van der Waals surface area (Å²) in [5.74, 6) is 0.731. The van der Waals surface area contributed by atoms with Gasteiger partial charge in [-0.25, -0.2) is 0 Å². The van der Waals surface area contributed by atoms with E-state index in [0.717, 1.165) is 53.7 Å². The van der Waals surface area contributed by atoms with E-state index in [9.17, 15) is 19.2 Å². The molecule has 0 amide bonds. The smallest absolute Gasteiger partial charge is 0.163 e. The lowest BCUT2D eigenvalue weighted by molar-refractivity contribution is -0.129. The van der Waals surface area contributed by atoms with Crippen LogP contribution in [0.3, 0.4) is 0 Å². The fourth-order valence-electron chi connectivity index (χ4n) is 7.84. The summed E-state index contributed by atoms with van der Waals surface area (Å²) in [6, 6.07) is 8.55. The van der Waals surface area contributed by atoms with Gasteiger partial charge in [-0.15, -0.1) is 0 Å². The van der Waals surface area contributed by atoms with Crippen molar-refractivity contribution in [3.63, 3.8) is 0 Å². The quantitative estimate of drug-likeness (QED) is 0.106. The summed E-state index contributed by atoms with van der Waals surface area (Å²) in [5, 5.41) is 0. The number of rotatable bonds is 23. The SMILES string of the molecule is CC1=CC(C)=C(CCC(=O)C2c3ccccc3N(C(C)C3CCC(C(=O)COCCOCCOCCOCCOCC=O)CC3)C2C)C(=O)C1. The minimum atomic E-state index is -0.219. The first kappa shape index (κ1) is 39.8. The van der Waals surface area contributed by atoms with Gasteiger partial charge in [-0.3, -0.25) is 14.4 Å². The Balaban J connectivity index is 1.14. The van der Waals surface area contributed by atoms with Crippen molar-refractivity contribution < 1.29 is 42.9 Å². The highest BCUT2D eigenvalue weighted by molar-refractivity contribution is 6.00. The van der Waals surface area contributed by atoms with Crippen molar-refractivity contribution >= 4 is 29.3 Å². The number of hydrogen-bond acceptors (Lipinski definition) is 10. The number of nitrogens with zero attached hydrogens (tertiary/aromatic N) is 1. The lowest BCUT2D eigenvalue weighted by Gasteiger charge is -2.40. The normalized spacial score (nSPS) is 22.8. The highest BCUT2D eigenvalue weighted by Gasteiger charge is 2.43. The molecule has 0 spiro atoms. The molecular weight excluding hydrogens is 638 g/mol. The van der Waals surface area contributed by atoms with Crippen molar-refractivity contribution in [2.24, 2.45) is 11.8 Å². The molecule has 0 radical (unpaired) electrons. The molecule has 0 N–H and O–H groups in total. The van der Waals surface area contributed by atoms with Crippen LogP contribution in [-0.2, 0) is 42.9 Å². The summed E-state index contributed by atoms with van der Waals surface area (Å²) in [6.45, 7) is 11.9. The average molecular weight is 696 g/mol. The first-order chi connectivity index (χ1) is 24.2. The molecular formula is C40H57NO9. The van der Waals surface area contributed by atoms with Crippen LogP contribution in [0.5, 0.6) is 0 Å². The number of anilines is 1. The summed E-state index contributed by atoms with van der Waals surface area (Å²) in [4.78, 5) is 52.0. The summed E-state index contributed by atoms with van der Waals surface area (Å²) >= 11 is 0. The van der Waals surface area contributed by atoms with E-state index in [2.05, 4.69) is 37.0 Å². The second kappa shape index (κ2) is 20.7. The van der Waals surface area contributed by atoms with Gasteiger partial charge in [-0.05, 0) is 88.5 Å². The van der Waals surface area contributed by atoms with E-state index >= 15 is 0 Å². The van der Waals surface area contributed by atoms with Crippen molar-refractivity contribution in [1.29, 1.82) is 0 Å². The molecule has 0 bridgehead atoms. The van der Waals surface area contributed by atoms with E-state index in [1.54, 1.807) is 0 Å². The maximum atomic E-state index is 13.8. The molecule has 4 rings (SSSR count). The second-order valence-electron chi connectivity index (χ2n) is 13.9. The van der Waals surface area contributed by atoms with E-state index < -0.39 is 0 Å². The van der Waals surface area contributed by atoms with Crippen LogP contribution in [0, 0.1) is 11.8 Å². The van der Waals surface area contributed by atoms with Gasteiger partial charge >= 0.3 is 0 Å². The molecule has 1 saturated carbocycles. The van der Waals surface area contributed by atoms with E-state index in [0.29, 0.717) is 84.3 Å². The molecule has 0 aromatic heterocycles. The van der Waals surface area contributed by atoms with E-state index in [4.69, 9.17) is 23.7 Å². The highest BCUT2D eigenvalue weighted by atomic mass is 16.6. The standard InChI is InChI=1S/C40H57NO9/c1-28-25-29(2)34(38(44)26-28)13-14-37(43)40-31(4)41(36-8-6-5-7-35(36)40)30(3)32-9-11-33(12-10-32)39(45)27-50-24-23-49-22-21-48-20-19-47-18-17-46-16-15-42/h5-8,15,25,30-33,40H,9-14,16-24,26-27H2,1-4H3. The fourth-order valence-corrected chi connectivity index (χ4v) is 7.84. The predicted octanol–water partition coefficient (Wildman–Crippen LogP) is 5.61. The van der Waals surface area contributed by atoms with Crippen molar-refractivity contribution in [2.45, 2.75) is 90.6 Å². The van der Waals surface area contributed by atoms with E-state index in [1.165, 1.54) is 0 Å². The molecule has 10 nitrogen and oxygen atoms in total. The molecule has 3 atom stereocenters. The lowest BCUT2D eigenvalue weighted by atomic mass is 9.76. The number of benzene rings is 1. The van der Waals surface area contributed by atoms with Crippen LogP contribution in [0.1, 0.15) is 84.1 Å². The Morgan fingerprint density at radius 1 is 0.860 bits per heavy atom. The third kappa shape index (κ3) is 11.2. The number of ether oxygens (including phenoxy) is 5. The van der Waals surface area contributed by atoms with E-state index in [-0.39, 0.29) is 54.5 Å². The van der Waals surface area contributed by atoms with Gasteiger partial charge in [-0.1, -0.05) is 29.8 Å². The maximum Gasteiger partial charge on any atom is 0.163 e. The Morgan fingerprint density at radius 3 is 2.08 bits per heavy atom. The van der Waals surface area contributed by atoms with Crippen molar-refractivity contribution in [3.8, 4) is 0 Å². The molecule has 50 heavy (non-hydrogen) atoms. The van der Waals surface area contributed by atoms with Crippen LogP contribution in [0.2, 0.25) is 0 Å². The number of hydrogen-bond donors (Lipinski definition) is 0. The number of aldehydes is 1. The van der Waals surface area contributed by atoms with Gasteiger partial charge < -0.3 is 33.4 Å². The zero-order valence-corrected chi connectivity index (χ0v) is 30.5. The molecule has 276 valence electrons. The Morgan fingerprint density at radius 2 is 1.46 bits per heavy atom. The molecule has 1 aliphatic heterocycles. The predicted molar refractivity (Wildman–Crippen MR) is 192 cm³/mol. The van der Waals surface area contributed by atoms with Crippen LogP contribution in [-0.4, -0.2) is 102 Å². The number of carbonyl (C=O) groups is 4. The molecule has 1 aromatic rings. The van der Waals surface area contributed by atoms with Gasteiger partial charge in [0.1, 0.15) is 25.3 Å². The number of ketones is 3. The lowest BCUT2D eigenvalue weighted by Crippen LogP contribution is -2.45. The van der Waals surface area contributed by atoms with Crippen LogP contribution in [0.25, 0.3) is 0 Å². The largest absolute Gasteiger partial charge is 0.377 e. The molecule has 1 aromatic carbocycles. The first-order valence-corrected chi connectivity index (χ1v) is 18.4. The molecule has 10 heteroatoms. The summed E-state index contributed by atoms with van der Waals surface area (Å²) in [6.07, 6.45) is 7.72. The van der Waals surface area contributed by atoms with Crippen molar-refractivity contribution in [3.05, 3.63) is 52.6 Å². The van der Waals surface area contributed by atoms with Crippen molar-refractivity contribution in [1.82, 2.24) is 0 Å². The van der Waals surface area contributed by atoms with Gasteiger partial charge in [0, 0.05) is 36.5 Å². The zero-order valence-electron chi connectivity index (χ0n) is 30.5. The first-order valence-electron chi connectivity index (χ1n) is 18.4. The summed E-state index contributed by atoms with van der Waals surface area (Å²) in [5.41, 5.74) is 5.09. The number of fused-ring (bicyclic) bond motifs is 1. The summed E-state index contributed by atoms with van der Waals surface area (Å²) in [7, 11) is 0. The van der Waals surface area contributed by atoms with Crippen LogP contribution in [0.15, 0.2) is 47.1 Å². The molecule has 3 aliphatic rings. The third-order valence-corrected chi connectivity index (χ3v) is 10.4. The number of allylic oxidation sites excluding steroid dienone is 4. The number of para-hydroxylation sites is 1. The molecule has 1 fully saturated rings. The monoisotopic (exact) mass is 695 g/mol. The maximum absolute atomic E-state index is 13.8. The number of carbonyl (C=O) groups excluding carboxylic acids is 4. The van der Waals surface area contributed by atoms with Gasteiger partial charge in [0.15, 0.2) is 11.6 Å². The second-order valence-corrected chi connectivity index (χ2v) is 13.9. The molecule has 2 aliphatic carbocycles. The summed E-state index contributed by atoms with van der Waals surface area (Å²) < 4.78 is 26.9. The fraction of sp³-hybridized carbons (Fsp3) is 0.650. The average Bonchev–Trinajstić information content (AvgIpc) is 3.40.